The first-order valence-corrected chi connectivity index (χ1v) is 8.04. The van der Waals surface area contributed by atoms with Crippen LogP contribution in [0.15, 0.2) is 29.2 Å². The Morgan fingerprint density at radius 2 is 2.11 bits per heavy atom. The van der Waals surface area contributed by atoms with Gasteiger partial charge in [0.2, 0.25) is 10.0 Å². The second kappa shape index (κ2) is 4.32. The molecule has 2 saturated carbocycles. The van der Waals surface area contributed by atoms with Gasteiger partial charge in [-0.2, -0.15) is 5.26 Å². The Bertz CT molecular complexity index is 638. The Morgan fingerprint density at radius 1 is 1.37 bits per heavy atom. The summed E-state index contributed by atoms with van der Waals surface area (Å²) in [6.45, 7) is 0.538. The van der Waals surface area contributed by atoms with Gasteiger partial charge in [0.1, 0.15) is 0 Å². The SMILES string of the molecule is N#Cc1cccc(S(=O)(=O)NCC2(C3CC3)CC2)c1. The van der Waals surface area contributed by atoms with Gasteiger partial charge < -0.3 is 0 Å². The quantitative estimate of drug-likeness (QED) is 0.894. The summed E-state index contributed by atoms with van der Waals surface area (Å²) in [7, 11) is -3.49. The van der Waals surface area contributed by atoms with Crippen molar-refractivity contribution in [3.8, 4) is 6.07 Å². The van der Waals surface area contributed by atoms with Crippen LogP contribution in [0.2, 0.25) is 0 Å². The molecule has 100 valence electrons. The standard InChI is InChI=1S/C14H16N2O2S/c15-9-11-2-1-3-13(8-11)19(17,18)16-10-14(6-7-14)12-4-5-12/h1-3,8,12,16H,4-7,10H2. The van der Waals surface area contributed by atoms with E-state index in [1.54, 1.807) is 12.1 Å². The van der Waals surface area contributed by atoms with E-state index in [-0.39, 0.29) is 10.3 Å². The number of hydrogen-bond donors (Lipinski definition) is 1. The molecule has 0 spiro atoms. The second-order valence-electron chi connectivity index (χ2n) is 5.60. The molecule has 2 aliphatic rings. The van der Waals surface area contributed by atoms with Gasteiger partial charge in [-0.15, -0.1) is 0 Å². The van der Waals surface area contributed by atoms with Gasteiger partial charge in [0, 0.05) is 6.54 Å². The van der Waals surface area contributed by atoms with Crippen molar-refractivity contribution in [3.05, 3.63) is 29.8 Å². The lowest BCUT2D eigenvalue weighted by atomic mass is 10.0. The fraction of sp³-hybridized carbons (Fsp3) is 0.500. The third-order valence-electron chi connectivity index (χ3n) is 4.22. The fourth-order valence-electron chi connectivity index (χ4n) is 2.64. The molecule has 0 unspecified atom stereocenters. The minimum atomic E-state index is -3.49. The second-order valence-corrected chi connectivity index (χ2v) is 7.37. The Morgan fingerprint density at radius 3 is 2.68 bits per heavy atom. The minimum Gasteiger partial charge on any atom is -0.211 e. The molecule has 0 amide bonds. The molecule has 19 heavy (non-hydrogen) atoms. The Labute approximate surface area is 113 Å². The summed E-state index contributed by atoms with van der Waals surface area (Å²) in [5.74, 6) is 0.723. The van der Waals surface area contributed by atoms with Crippen LogP contribution in [-0.2, 0) is 10.0 Å². The van der Waals surface area contributed by atoms with Crippen LogP contribution in [-0.4, -0.2) is 15.0 Å². The number of hydrogen-bond acceptors (Lipinski definition) is 3. The maximum absolute atomic E-state index is 12.2. The summed E-state index contributed by atoms with van der Waals surface area (Å²) < 4.78 is 27.1. The molecule has 0 aromatic heterocycles. The Kier molecular flexibility index (Phi) is 2.88. The van der Waals surface area contributed by atoms with E-state index >= 15 is 0 Å². The van der Waals surface area contributed by atoms with E-state index in [9.17, 15) is 8.42 Å². The van der Waals surface area contributed by atoms with Crippen molar-refractivity contribution in [3.63, 3.8) is 0 Å². The van der Waals surface area contributed by atoms with Crippen LogP contribution >= 0.6 is 0 Å². The molecule has 0 aliphatic heterocycles. The van der Waals surface area contributed by atoms with Gasteiger partial charge >= 0.3 is 0 Å². The fourth-order valence-corrected chi connectivity index (χ4v) is 3.82. The molecule has 1 aromatic carbocycles. The summed E-state index contributed by atoms with van der Waals surface area (Å²) in [6, 6.07) is 8.10. The highest BCUT2D eigenvalue weighted by Crippen LogP contribution is 2.60. The highest BCUT2D eigenvalue weighted by atomic mass is 32.2. The number of nitrogens with one attached hydrogen (secondary N) is 1. The lowest BCUT2D eigenvalue weighted by Gasteiger charge is -2.15. The van der Waals surface area contributed by atoms with Crippen molar-refractivity contribution >= 4 is 10.0 Å². The van der Waals surface area contributed by atoms with Crippen molar-refractivity contribution in [1.29, 1.82) is 5.26 Å². The number of benzene rings is 1. The number of nitriles is 1. The maximum Gasteiger partial charge on any atom is 0.240 e. The van der Waals surface area contributed by atoms with E-state index in [0.29, 0.717) is 12.1 Å². The van der Waals surface area contributed by atoms with Crippen molar-refractivity contribution in [1.82, 2.24) is 4.72 Å². The first-order valence-electron chi connectivity index (χ1n) is 6.56. The predicted octanol–water partition coefficient (Wildman–Crippen LogP) is 2.03. The van der Waals surface area contributed by atoms with Crippen LogP contribution in [0, 0.1) is 22.7 Å². The molecule has 5 heteroatoms. The molecule has 0 heterocycles. The summed E-state index contributed by atoms with van der Waals surface area (Å²) >= 11 is 0. The zero-order chi connectivity index (χ0) is 13.5. The Hall–Kier alpha value is -1.38. The molecule has 3 rings (SSSR count). The van der Waals surface area contributed by atoms with Crippen LogP contribution < -0.4 is 4.72 Å². The smallest absolute Gasteiger partial charge is 0.211 e. The molecule has 1 aromatic rings. The predicted molar refractivity (Wildman–Crippen MR) is 70.7 cm³/mol. The van der Waals surface area contributed by atoms with E-state index in [0.717, 1.165) is 18.8 Å². The van der Waals surface area contributed by atoms with Crippen molar-refractivity contribution < 1.29 is 8.42 Å². The van der Waals surface area contributed by atoms with Crippen LogP contribution in [0.25, 0.3) is 0 Å². The molecule has 2 fully saturated rings. The van der Waals surface area contributed by atoms with Gasteiger partial charge in [0.25, 0.3) is 0 Å². The van der Waals surface area contributed by atoms with Gasteiger partial charge in [-0.3, -0.25) is 0 Å². The van der Waals surface area contributed by atoms with Crippen LogP contribution in [0.4, 0.5) is 0 Å². The van der Waals surface area contributed by atoms with Crippen molar-refractivity contribution in [2.45, 2.75) is 30.6 Å². The van der Waals surface area contributed by atoms with Crippen molar-refractivity contribution in [2.75, 3.05) is 6.54 Å². The number of nitrogens with zero attached hydrogens (tertiary/aromatic N) is 1. The van der Waals surface area contributed by atoms with Gasteiger partial charge in [-0.25, -0.2) is 13.1 Å². The molecule has 2 aliphatic carbocycles. The zero-order valence-corrected chi connectivity index (χ0v) is 11.4. The van der Waals surface area contributed by atoms with E-state index in [1.165, 1.54) is 25.0 Å². The minimum absolute atomic E-state index is 0.179. The molecule has 0 bridgehead atoms. The maximum atomic E-state index is 12.2. The van der Waals surface area contributed by atoms with Gasteiger partial charge in [-0.1, -0.05) is 6.07 Å². The molecule has 0 radical (unpaired) electrons. The topological polar surface area (TPSA) is 70.0 Å². The summed E-state index contributed by atoms with van der Waals surface area (Å²) in [6.07, 6.45) is 4.76. The first kappa shape index (κ1) is 12.6. The van der Waals surface area contributed by atoms with E-state index in [1.807, 2.05) is 6.07 Å². The third-order valence-corrected chi connectivity index (χ3v) is 5.62. The average Bonchev–Trinajstić information content (AvgIpc) is 3.29. The normalized spacial score (nSPS) is 20.8. The lowest BCUT2D eigenvalue weighted by Crippen LogP contribution is -2.31. The van der Waals surface area contributed by atoms with Crippen LogP contribution in [0.5, 0.6) is 0 Å². The van der Waals surface area contributed by atoms with Crippen molar-refractivity contribution in [2.24, 2.45) is 11.3 Å². The summed E-state index contributed by atoms with van der Waals surface area (Å²) in [5.41, 5.74) is 0.603. The largest absolute Gasteiger partial charge is 0.240 e. The van der Waals surface area contributed by atoms with Gasteiger partial charge in [0.15, 0.2) is 0 Å². The van der Waals surface area contributed by atoms with Gasteiger partial charge in [-0.05, 0) is 55.2 Å². The van der Waals surface area contributed by atoms with E-state index in [2.05, 4.69) is 4.72 Å². The van der Waals surface area contributed by atoms with Crippen LogP contribution in [0.1, 0.15) is 31.2 Å². The molecule has 1 N–H and O–H groups in total. The highest BCUT2D eigenvalue weighted by molar-refractivity contribution is 7.89. The van der Waals surface area contributed by atoms with E-state index < -0.39 is 10.0 Å². The number of rotatable bonds is 5. The molecule has 0 atom stereocenters. The monoisotopic (exact) mass is 276 g/mol. The number of sulfonamides is 1. The third kappa shape index (κ3) is 2.51. The molecular formula is C14H16N2O2S. The van der Waals surface area contributed by atoms with E-state index in [4.69, 9.17) is 5.26 Å². The molecule has 4 nitrogen and oxygen atoms in total. The molecule has 0 saturated heterocycles. The summed E-state index contributed by atoms with van der Waals surface area (Å²) in [4.78, 5) is 0.179. The van der Waals surface area contributed by atoms with Gasteiger partial charge in [0.05, 0.1) is 16.5 Å². The average molecular weight is 276 g/mol. The summed E-state index contributed by atoms with van der Waals surface area (Å²) in [5, 5.41) is 8.81. The lowest BCUT2D eigenvalue weighted by molar-refractivity contribution is 0.432. The zero-order valence-electron chi connectivity index (χ0n) is 10.6. The highest BCUT2D eigenvalue weighted by Gasteiger charge is 2.53. The van der Waals surface area contributed by atoms with Crippen LogP contribution in [0.3, 0.4) is 0 Å². The first-order chi connectivity index (χ1) is 9.06. The molecular weight excluding hydrogens is 260 g/mol. The Balaban J connectivity index is 1.73.